The van der Waals surface area contributed by atoms with Crippen molar-refractivity contribution < 1.29 is 4.79 Å². The summed E-state index contributed by atoms with van der Waals surface area (Å²) < 4.78 is 1.99. The van der Waals surface area contributed by atoms with Crippen LogP contribution in [0.25, 0.3) is 0 Å². The maximum Gasteiger partial charge on any atom is 0.222 e. The summed E-state index contributed by atoms with van der Waals surface area (Å²) in [7, 11) is 0. The highest BCUT2D eigenvalue weighted by Gasteiger charge is 2.24. The number of hydrogen-bond acceptors (Lipinski definition) is 3. The minimum atomic E-state index is -0.0148. The van der Waals surface area contributed by atoms with Crippen LogP contribution < -0.4 is 5.32 Å². The molecule has 1 atom stereocenters. The molecule has 1 amide bonds. The van der Waals surface area contributed by atoms with E-state index in [0.717, 1.165) is 31.6 Å². The molecule has 3 rings (SSSR count). The smallest absolute Gasteiger partial charge is 0.222 e. The molecule has 1 aliphatic rings. The molecule has 0 aliphatic carbocycles. The first-order valence-corrected chi connectivity index (χ1v) is 9.03. The van der Waals surface area contributed by atoms with E-state index in [-0.39, 0.29) is 17.5 Å². The van der Waals surface area contributed by atoms with Gasteiger partial charge >= 0.3 is 0 Å². The number of benzene rings is 1. The number of nitrogens with zero attached hydrogens (tertiary/aromatic N) is 3. The molecule has 1 N–H and O–H groups in total. The molecule has 0 bridgehead atoms. The molecule has 1 saturated heterocycles. The molecular formula is C20H28N4O. The minimum absolute atomic E-state index is 0.0148. The Morgan fingerprint density at radius 2 is 2.00 bits per heavy atom. The standard InChI is InChI=1S/C20H28N4O/c1-20(2,3)24-14-16(13-22-24)12-21-18(17-8-5-4-6-9-17)15-23-11-7-10-19(23)25/h4-6,8-9,13-14,18,21H,7,10-12,15H2,1-3H3/t18-/m1/s1. The van der Waals surface area contributed by atoms with Crippen molar-refractivity contribution in [3.63, 3.8) is 0 Å². The van der Waals surface area contributed by atoms with Crippen molar-refractivity contribution in [1.29, 1.82) is 0 Å². The lowest BCUT2D eigenvalue weighted by Crippen LogP contribution is -2.35. The van der Waals surface area contributed by atoms with E-state index in [4.69, 9.17) is 0 Å². The van der Waals surface area contributed by atoms with Gasteiger partial charge < -0.3 is 10.2 Å². The average Bonchev–Trinajstić information content (AvgIpc) is 3.21. The topological polar surface area (TPSA) is 50.2 Å². The zero-order valence-electron chi connectivity index (χ0n) is 15.4. The Morgan fingerprint density at radius 3 is 2.60 bits per heavy atom. The fourth-order valence-electron chi connectivity index (χ4n) is 3.15. The summed E-state index contributed by atoms with van der Waals surface area (Å²) in [5, 5.41) is 8.08. The van der Waals surface area contributed by atoms with E-state index in [1.54, 1.807) is 0 Å². The predicted octanol–water partition coefficient (Wildman–Crippen LogP) is 3.09. The SMILES string of the molecule is CC(C)(C)n1cc(CN[C@H](CN2CCCC2=O)c2ccccc2)cn1. The Morgan fingerprint density at radius 1 is 1.24 bits per heavy atom. The molecule has 0 saturated carbocycles. The van der Waals surface area contributed by atoms with Crippen LogP contribution in [0.4, 0.5) is 0 Å². The van der Waals surface area contributed by atoms with Gasteiger partial charge in [0.2, 0.25) is 5.91 Å². The van der Waals surface area contributed by atoms with E-state index in [1.807, 2.05) is 34.0 Å². The largest absolute Gasteiger partial charge is 0.341 e. The first kappa shape index (κ1) is 17.7. The Labute approximate surface area is 150 Å². The Hall–Kier alpha value is -2.14. The van der Waals surface area contributed by atoms with Gasteiger partial charge in [0.25, 0.3) is 0 Å². The van der Waals surface area contributed by atoms with E-state index in [0.29, 0.717) is 6.42 Å². The van der Waals surface area contributed by atoms with Crippen LogP contribution in [0.15, 0.2) is 42.7 Å². The fourth-order valence-corrected chi connectivity index (χ4v) is 3.15. The Bertz CT molecular complexity index is 702. The predicted molar refractivity (Wildman–Crippen MR) is 99.1 cm³/mol. The molecule has 5 heteroatoms. The van der Waals surface area contributed by atoms with Crippen molar-refractivity contribution in [2.45, 2.75) is 51.7 Å². The van der Waals surface area contributed by atoms with Gasteiger partial charge in [-0.05, 0) is 32.8 Å². The van der Waals surface area contributed by atoms with Gasteiger partial charge in [-0.15, -0.1) is 0 Å². The second kappa shape index (κ2) is 7.40. The molecule has 1 aliphatic heterocycles. The molecule has 2 heterocycles. The molecule has 0 spiro atoms. The molecule has 1 aromatic carbocycles. The lowest BCUT2D eigenvalue weighted by molar-refractivity contribution is -0.128. The number of amides is 1. The van der Waals surface area contributed by atoms with Gasteiger partial charge in [0, 0.05) is 37.8 Å². The van der Waals surface area contributed by atoms with Crippen molar-refractivity contribution in [3.05, 3.63) is 53.9 Å². The van der Waals surface area contributed by atoms with Gasteiger partial charge in [-0.2, -0.15) is 5.10 Å². The lowest BCUT2D eigenvalue weighted by Gasteiger charge is -2.25. The summed E-state index contributed by atoms with van der Waals surface area (Å²) >= 11 is 0. The van der Waals surface area contributed by atoms with Gasteiger partial charge in [-0.3, -0.25) is 9.48 Å². The third-order valence-corrected chi connectivity index (χ3v) is 4.65. The van der Waals surface area contributed by atoms with Crippen LogP contribution in [0.1, 0.15) is 50.8 Å². The maximum absolute atomic E-state index is 12.0. The van der Waals surface area contributed by atoms with Crippen LogP contribution in [-0.2, 0) is 16.9 Å². The molecular weight excluding hydrogens is 312 g/mol. The number of likely N-dealkylation sites (tertiary alicyclic amines) is 1. The molecule has 0 unspecified atom stereocenters. The lowest BCUT2D eigenvalue weighted by atomic mass is 10.1. The summed E-state index contributed by atoms with van der Waals surface area (Å²) in [5.74, 6) is 0.267. The van der Waals surface area contributed by atoms with Crippen molar-refractivity contribution >= 4 is 5.91 Å². The van der Waals surface area contributed by atoms with Crippen LogP contribution >= 0.6 is 0 Å². The summed E-state index contributed by atoms with van der Waals surface area (Å²) in [6, 6.07) is 10.5. The highest BCUT2D eigenvalue weighted by Crippen LogP contribution is 2.19. The molecule has 0 radical (unpaired) electrons. The third-order valence-electron chi connectivity index (χ3n) is 4.65. The van der Waals surface area contributed by atoms with Crippen molar-refractivity contribution in [1.82, 2.24) is 20.0 Å². The number of aromatic nitrogens is 2. The number of carbonyl (C=O) groups is 1. The summed E-state index contributed by atoms with van der Waals surface area (Å²) in [5.41, 5.74) is 2.35. The van der Waals surface area contributed by atoms with Crippen LogP contribution in [0.5, 0.6) is 0 Å². The number of rotatable bonds is 6. The molecule has 5 nitrogen and oxygen atoms in total. The van der Waals surface area contributed by atoms with E-state index in [1.165, 1.54) is 5.56 Å². The van der Waals surface area contributed by atoms with Crippen molar-refractivity contribution in [2.75, 3.05) is 13.1 Å². The van der Waals surface area contributed by atoms with Crippen LogP contribution in [0, 0.1) is 0 Å². The molecule has 25 heavy (non-hydrogen) atoms. The van der Waals surface area contributed by atoms with E-state index >= 15 is 0 Å². The van der Waals surface area contributed by atoms with E-state index < -0.39 is 0 Å². The van der Waals surface area contributed by atoms with Crippen LogP contribution in [-0.4, -0.2) is 33.7 Å². The summed E-state index contributed by atoms with van der Waals surface area (Å²) in [4.78, 5) is 14.0. The number of hydrogen-bond donors (Lipinski definition) is 1. The molecule has 1 fully saturated rings. The van der Waals surface area contributed by atoms with Crippen molar-refractivity contribution in [3.8, 4) is 0 Å². The van der Waals surface area contributed by atoms with Gasteiger partial charge in [0.15, 0.2) is 0 Å². The zero-order valence-corrected chi connectivity index (χ0v) is 15.4. The monoisotopic (exact) mass is 340 g/mol. The first-order chi connectivity index (χ1) is 11.9. The van der Waals surface area contributed by atoms with Gasteiger partial charge in [0.1, 0.15) is 0 Å². The second-order valence-electron chi connectivity index (χ2n) is 7.75. The van der Waals surface area contributed by atoms with Crippen LogP contribution in [0.2, 0.25) is 0 Å². The second-order valence-corrected chi connectivity index (χ2v) is 7.75. The first-order valence-electron chi connectivity index (χ1n) is 9.03. The summed E-state index contributed by atoms with van der Waals surface area (Å²) in [6.07, 6.45) is 5.66. The van der Waals surface area contributed by atoms with Crippen LogP contribution in [0.3, 0.4) is 0 Å². The third kappa shape index (κ3) is 4.48. The number of carbonyl (C=O) groups excluding carboxylic acids is 1. The summed E-state index contributed by atoms with van der Waals surface area (Å²) in [6.45, 7) is 8.74. The van der Waals surface area contributed by atoms with E-state index in [9.17, 15) is 4.79 Å². The van der Waals surface area contributed by atoms with Crippen molar-refractivity contribution in [2.24, 2.45) is 0 Å². The molecule has 134 valence electrons. The number of nitrogens with one attached hydrogen (secondary N) is 1. The Kier molecular flexibility index (Phi) is 5.23. The normalized spacial score (nSPS) is 16.4. The minimum Gasteiger partial charge on any atom is -0.341 e. The highest BCUT2D eigenvalue weighted by atomic mass is 16.2. The zero-order chi connectivity index (χ0) is 17.9. The quantitative estimate of drug-likeness (QED) is 0.879. The molecule has 2 aromatic rings. The van der Waals surface area contributed by atoms with Gasteiger partial charge in [-0.25, -0.2) is 0 Å². The highest BCUT2D eigenvalue weighted by molar-refractivity contribution is 5.78. The van der Waals surface area contributed by atoms with Gasteiger partial charge in [-0.1, -0.05) is 30.3 Å². The molecule has 1 aromatic heterocycles. The van der Waals surface area contributed by atoms with Gasteiger partial charge in [0.05, 0.1) is 17.8 Å². The average molecular weight is 340 g/mol. The van der Waals surface area contributed by atoms with E-state index in [2.05, 4.69) is 49.5 Å². The Balaban J connectivity index is 1.69. The maximum atomic E-state index is 12.0. The fraction of sp³-hybridized carbons (Fsp3) is 0.500.